The average Bonchev–Trinajstić information content (AvgIpc) is 2.47. The Kier molecular flexibility index (Phi) is 3.52. The molecule has 100 valence electrons. The van der Waals surface area contributed by atoms with Crippen molar-refractivity contribution in [2.24, 2.45) is 0 Å². The second-order valence-electron chi connectivity index (χ2n) is 4.35. The van der Waals surface area contributed by atoms with Gasteiger partial charge < -0.3 is 0 Å². The van der Waals surface area contributed by atoms with E-state index in [1.807, 2.05) is 30.3 Å². The normalized spacial score (nSPS) is 10.7. The Morgan fingerprint density at radius 1 is 1.10 bits per heavy atom. The first kappa shape index (κ1) is 13.2. The summed E-state index contributed by atoms with van der Waals surface area (Å²) >= 11 is -0.670. The molecule has 0 saturated carbocycles. The summed E-state index contributed by atoms with van der Waals surface area (Å²) in [6, 6.07) is 14.7. The fraction of sp³-hybridized carbons (Fsp3) is 0.0625. The van der Waals surface area contributed by atoms with E-state index in [9.17, 15) is 9.90 Å². The molecular formula is C16H12O3Te. The Balaban J connectivity index is 2.19. The van der Waals surface area contributed by atoms with Crippen molar-refractivity contribution in [2.45, 2.75) is 0 Å². The Bertz CT molecular complexity index is 819. The fourth-order valence-electron chi connectivity index (χ4n) is 2.09. The summed E-state index contributed by atoms with van der Waals surface area (Å²) in [6.07, 6.45) is 0. The predicted molar refractivity (Wildman–Crippen MR) is 80.8 cm³/mol. The fourth-order valence-corrected chi connectivity index (χ4v) is 5.26. The number of phenolic OH excluding ortho intramolecular Hbond substituents is 1. The molecule has 0 radical (unpaired) electrons. The van der Waals surface area contributed by atoms with Crippen LogP contribution in [0.5, 0.6) is 11.5 Å². The molecule has 4 heteroatoms. The van der Waals surface area contributed by atoms with Crippen molar-refractivity contribution >= 4 is 29.2 Å². The molecule has 0 bridgehead atoms. The molecule has 1 N–H and O–H groups in total. The van der Waals surface area contributed by atoms with Crippen LogP contribution in [0.2, 0.25) is 0 Å². The average molecular weight is 380 g/mol. The SMILES string of the molecule is COc1ccc(-c2cc(=O)c3c(O)cccc3[te]2)cc1. The molecular weight excluding hydrogens is 368 g/mol. The third-order valence-electron chi connectivity index (χ3n) is 3.11. The van der Waals surface area contributed by atoms with Crippen LogP contribution in [0, 0.1) is 0 Å². The maximum atomic E-state index is 12.2. The van der Waals surface area contributed by atoms with Crippen LogP contribution < -0.4 is 10.2 Å². The first-order chi connectivity index (χ1) is 9.69. The van der Waals surface area contributed by atoms with Crippen molar-refractivity contribution in [1.82, 2.24) is 0 Å². The Morgan fingerprint density at radius 3 is 2.55 bits per heavy atom. The van der Waals surface area contributed by atoms with Gasteiger partial charge in [0.1, 0.15) is 0 Å². The third-order valence-corrected chi connectivity index (χ3v) is 6.34. The summed E-state index contributed by atoms with van der Waals surface area (Å²) in [6.45, 7) is 0. The van der Waals surface area contributed by atoms with E-state index in [-0.39, 0.29) is 11.2 Å². The van der Waals surface area contributed by atoms with Crippen molar-refractivity contribution in [1.29, 1.82) is 0 Å². The number of phenols is 1. The summed E-state index contributed by atoms with van der Waals surface area (Å²) in [5.74, 6) is 0.887. The molecule has 0 fully saturated rings. The van der Waals surface area contributed by atoms with Gasteiger partial charge in [-0.1, -0.05) is 0 Å². The monoisotopic (exact) mass is 382 g/mol. The molecule has 0 amide bonds. The van der Waals surface area contributed by atoms with Crippen molar-refractivity contribution in [3.8, 4) is 20.6 Å². The van der Waals surface area contributed by atoms with Crippen LogP contribution in [-0.4, -0.2) is 32.6 Å². The van der Waals surface area contributed by atoms with Crippen LogP contribution >= 0.6 is 0 Å². The van der Waals surface area contributed by atoms with Crippen molar-refractivity contribution < 1.29 is 9.84 Å². The molecule has 3 nitrogen and oxygen atoms in total. The van der Waals surface area contributed by atoms with E-state index in [0.717, 1.165) is 18.3 Å². The first-order valence-electron chi connectivity index (χ1n) is 6.09. The van der Waals surface area contributed by atoms with Gasteiger partial charge in [-0.05, 0) is 0 Å². The Labute approximate surface area is 125 Å². The summed E-state index contributed by atoms with van der Waals surface area (Å²) < 4.78 is 7.22. The van der Waals surface area contributed by atoms with Gasteiger partial charge in [0.25, 0.3) is 0 Å². The van der Waals surface area contributed by atoms with Crippen LogP contribution in [0.3, 0.4) is 0 Å². The number of aromatic hydroxyl groups is 1. The Hall–Kier alpha value is -1.76. The van der Waals surface area contributed by atoms with E-state index in [0.29, 0.717) is 5.39 Å². The van der Waals surface area contributed by atoms with Gasteiger partial charge in [-0.3, -0.25) is 0 Å². The van der Waals surface area contributed by atoms with Gasteiger partial charge in [-0.15, -0.1) is 0 Å². The number of methoxy groups -OCH3 is 1. The van der Waals surface area contributed by atoms with Gasteiger partial charge in [0.2, 0.25) is 0 Å². The Morgan fingerprint density at radius 2 is 1.85 bits per heavy atom. The standard InChI is InChI=1S/C16H12O3Te/c1-19-11-7-5-10(6-8-11)15-9-13(18)16-12(17)3-2-4-14(16)20-15/h2-9,17H,1H3. The van der Waals surface area contributed by atoms with Gasteiger partial charge in [0.15, 0.2) is 0 Å². The van der Waals surface area contributed by atoms with Crippen LogP contribution in [0.4, 0.5) is 0 Å². The molecule has 0 saturated heterocycles. The summed E-state index contributed by atoms with van der Waals surface area (Å²) in [5, 5.41) is 10.3. The zero-order chi connectivity index (χ0) is 14.1. The van der Waals surface area contributed by atoms with Crippen LogP contribution in [0.15, 0.2) is 53.3 Å². The van der Waals surface area contributed by atoms with Crippen molar-refractivity contribution in [3.63, 3.8) is 0 Å². The predicted octanol–water partition coefficient (Wildman–Crippen LogP) is 2.64. The van der Waals surface area contributed by atoms with Crippen LogP contribution in [0.1, 0.15) is 0 Å². The number of hydrogen-bond donors (Lipinski definition) is 1. The first-order valence-corrected chi connectivity index (χ1v) is 8.42. The van der Waals surface area contributed by atoms with Crippen LogP contribution in [-0.2, 0) is 0 Å². The van der Waals surface area contributed by atoms with E-state index >= 15 is 0 Å². The number of rotatable bonds is 2. The van der Waals surface area contributed by atoms with Gasteiger partial charge in [0.05, 0.1) is 0 Å². The van der Waals surface area contributed by atoms with E-state index in [1.54, 1.807) is 25.3 Å². The number of fused-ring (bicyclic) bond motifs is 1. The molecule has 0 aliphatic rings. The van der Waals surface area contributed by atoms with E-state index < -0.39 is 20.4 Å². The van der Waals surface area contributed by atoms with Crippen LogP contribution in [0.25, 0.3) is 17.9 Å². The maximum absolute atomic E-state index is 12.2. The number of ether oxygens (including phenoxy) is 1. The summed E-state index contributed by atoms with van der Waals surface area (Å²) in [4.78, 5) is 12.2. The second kappa shape index (κ2) is 5.32. The van der Waals surface area contributed by atoms with Gasteiger partial charge in [0, 0.05) is 0 Å². The quantitative estimate of drug-likeness (QED) is 0.696. The molecule has 3 aromatic rings. The molecule has 2 aromatic carbocycles. The summed E-state index contributed by atoms with van der Waals surface area (Å²) in [7, 11) is 1.63. The minimum atomic E-state index is -0.670. The van der Waals surface area contributed by atoms with Gasteiger partial charge >= 0.3 is 126 Å². The molecule has 0 aliphatic heterocycles. The van der Waals surface area contributed by atoms with E-state index in [2.05, 4.69) is 0 Å². The molecule has 1 heterocycles. The minimum absolute atomic E-state index is 0.0858. The van der Waals surface area contributed by atoms with E-state index in [1.165, 1.54) is 0 Å². The summed E-state index contributed by atoms with van der Waals surface area (Å²) in [5.41, 5.74) is 0.941. The molecule has 0 unspecified atom stereocenters. The second-order valence-corrected chi connectivity index (χ2v) is 7.45. The van der Waals surface area contributed by atoms with Gasteiger partial charge in [-0.2, -0.15) is 0 Å². The van der Waals surface area contributed by atoms with Crippen molar-refractivity contribution in [3.05, 3.63) is 58.8 Å². The number of benzene rings is 2. The zero-order valence-corrected chi connectivity index (χ0v) is 13.1. The van der Waals surface area contributed by atoms with E-state index in [4.69, 9.17) is 4.74 Å². The molecule has 20 heavy (non-hydrogen) atoms. The topological polar surface area (TPSA) is 46.5 Å². The molecule has 1 aromatic heterocycles. The molecule has 3 rings (SSSR count). The zero-order valence-electron chi connectivity index (χ0n) is 10.8. The molecule has 0 atom stereocenters. The molecule has 0 spiro atoms. The third kappa shape index (κ3) is 2.33. The van der Waals surface area contributed by atoms with Gasteiger partial charge in [-0.25, -0.2) is 0 Å². The van der Waals surface area contributed by atoms with Crippen molar-refractivity contribution in [2.75, 3.05) is 7.11 Å². The molecule has 0 aliphatic carbocycles. The number of hydrogen-bond acceptors (Lipinski definition) is 3.